The zero-order valence-electron chi connectivity index (χ0n) is 11.9. The van der Waals surface area contributed by atoms with Gasteiger partial charge in [0.25, 0.3) is 0 Å². The predicted octanol–water partition coefficient (Wildman–Crippen LogP) is 3.30. The van der Waals surface area contributed by atoms with Gasteiger partial charge in [0.05, 0.1) is 12.5 Å². The molecule has 1 aliphatic rings. The Morgan fingerprint density at radius 3 is 2.43 bits per heavy atom. The molecule has 1 aromatic rings. The Balaban J connectivity index is 1.99. The lowest BCUT2D eigenvalue weighted by molar-refractivity contribution is -0.189. The van der Waals surface area contributed by atoms with Crippen LogP contribution in [0.5, 0.6) is 0 Å². The molecule has 0 spiro atoms. The summed E-state index contributed by atoms with van der Waals surface area (Å²) in [5, 5.41) is 12.5. The molecule has 1 aliphatic carbocycles. The van der Waals surface area contributed by atoms with Crippen LogP contribution < -0.4 is 5.32 Å². The monoisotopic (exact) mass is 301 g/mol. The van der Waals surface area contributed by atoms with E-state index in [-0.39, 0.29) is 19.1 Å². The maximum Gasteiger partial charge on any atom is 0.393 e. The third kappa shape index (κ3) is 4.71. The number of hydrogen-bond donors (Lipinski definition) is 2. The predicted molar refractivity (Wildman–Crippen MR) is 76.0 cm³/mol. The molecule has 3 unspecified atom stereocenters. The molecule has 1 saturated carbocycles. The van der Waals surface area contributed by atoms with Gasteiger partial charge < -0.3 is 10.4 Å². The van der Waals surface area contributed by atoms with Crippen LogP contribution in [-0.2, 0) is 6.42 Å². The van der Waals surface area contributed by atoms with Crippen molar-refractivity contribution < 1.29 is 18.3 Å². The molecule has 2 nitrogen and oxygen atoms in total. The van der Waals surface area contributed by atoms with Gasteiger partial charge in [0.2, 0.25) is 0 Å². The summed E-state index contributed by atoms with van der Waals surface area (Å²) in [5.74, 6) is -1.30. The van der Waals surface area contributed by atoms with Crippen molar-refractivity contribution in [2.45, 2.75) is 50.4 Å². The van der Waals surface area contributed by atoms with E-state index in [1.54, 1.807) is 0 Å². The number of nitrogens with one attached hydrogen (secondary N) is 1. The molecule has 21 heavy (non-hydrogen) atoms. The van der Waals surface area contributed by atoms with E-state index in [2.05, 4.69) is 5.32 Å². The summed E-state index contributed by atoms with van der Waals surface area (Å²) in [7, 11) is 0. The number of benzene rings is 1. The minimum Gasteiger partial charge on any atom is -0.395 e. The topological polar surface area (TPSA) is 32.3 Å². The summed E-state index contributed by atoms with van der Waals surface area (Å²) in [5.41, 5.74) is 1.02. The van der Waals surface area contributed by atoms with Gasteiger partial charge in [-0.2, -0.15) is 13.2 Å². The van der Waals surface area contributed by atoms with Crippen molar-refractivity contribution in [2.75, 3.05) is 6.61 Å². The van der Waals surface area contributed by atoms with Gasteiger partial charge in [-0.15, -0.1) is 0 Å². The second-order valence-corrected chi connectivity index (χ2v) is 5.77. The van der Waals surface area contributed by atoms with Crippen LogP contribution in [0.4, 0.5) is 13.2 Å². The molecule has 0 heterocycles. The van der Waals surface area contributed by atoms with Gasteiger partial charge >= 0.3 is 6.18 Å². The third-order valence-electron chi connectivity index (χ3n) is 4.18. The fraction of sp³-hybridized carbons (Fsp3) is 0.625. The summed E-state index contributed by atoms with van der Waals surface area (Å²) in [4.78, 5) is 0. The van der Waals surface area contributed by atoms with Gasteiger partial charge in [-0.25, -0.2) is 0 Å². The molecule has 2 rings (SSSR count). The van der Waals surface area contributed by atoms with E-state index in [1.165, 1.54) is 0 Å². The number of alkyl halides is 3. The number of aliphatic hydroxyl groups excluding tert-OH is 1. The van der Waals surface area contributed by atoms with E-state index in [1.807, 2.05) is 30.3 Å². The maximum atomic E-state index is 13.1. The second-order valence-electron chi connectivity index (χ2n) is 5.77. The lowest BCUT2D eigenvalue weighted by Crippen LogP contribution is -2.50. The first kappa shape index (κ1) is 16.3. The Hall–Kier alpha value is -1.07. The molecule has 0 radical (unpaired) electrons. The van der Waals surface area contributed by atoms with E-state index >= 15 is 0 Å². The van der Waals surface area contributed by atoms with Crippen LogP contribution in [-0.4, -0.2) is 30.0 Å². The fourth-order valence-electron chi connectivity index (χ4n) is 3.10. The first-order chi connectivity index (χ1) is 10.0. The largest absolute Gasteiger partial charge is 0.395 e. The van der Waals surface area contributed by atoms with Gasteiger partial charge in [0.1, 0.15) is 0 Å². The van der Waals surface area contributed by atoms with E-state index < -0.39 is 18.1 Å². The average molecular weight is 301 g/mol. The third-order valence-corrected chi connectivity index (χ3v) is 4.18. The lowest BCUT2D eigenvalue weighted by Gasteiger charge is -2.36. The smallest absolute Gasteiger partial charge is 0.393 e. The van der Waals surface area contributed by atoms with Crippen LogP contribution >= 0.6 is 0 Å². The molecule has 1 fully saturated rings. The zero-order chi connectivity index (χ0) is 15.3. The van der Waals surface area contributed by atoms with Gasteiger partial charge in [-0.3, -0.25) is 0 Å². The van der Waals surface area contributed by atoms with Crippen molar-refractivity contribution in [3.63, 3.8) is 0 Å². The molecule has 0 amide bonds. The van der Waals surface area contributed by atoms with Gasteiger partial charge in [0.15, 0.2) is 0 Å². The highest BCUT2D eigenvalue weighted by Gasteiger charge is 2.45. The lowest BCUT2D eigenvalue weighted by atomic mass is 9.83. The van der Waals surface area contributed by atoms with Gasteiger partial charge in [0, 0.05) is 12.1 Å². The summed E-state index contributed by atoms with van der Waals surface area (Å²) in [6.07, 6.45) is -1.47. The average Bonchev–Trinajstić information content (AvgIpc) is 2.47. The summed E-state index contributed by atoms with van der Waals surface area (Å²) in [6, 6.07) is 8.61. The molecule has 0 saturated heterocycles. The number of rotatable bonds is 5. The van der Waals surface area contributed by atoms with Gasteiger partial charge in [-0.05, 0) is 24.8 Å². The second kappa shape index (κ2) is 7.27. The van der Waals surface area contributed by atoms with E-state index in [9.17, 15) is 18.3 Å². The van der Waals surface area contributed by atoms with Crippen LogP contribution in [0.2, 0.25) is 0 Å². The first-order valence-electron chi connectivity index (χ1n) is 7.48. The van der Waals surface area contributed by atoms with Crippen molar-refractivity contribution in [1.82, 2.24) is 5.32 Å². The summed E-state index contributed by atoms with van der Waals surface area (Å²) in [6.45, 7) is -0.157. The minimum atomic E-state index is -4.16. The van der Waals surface area contributed by atoms with Crippen molar-refractivity contribution in [3.8, 4) is 0 Å². The van der Waals surface area contributed by atoms with Crippen LogP contribution in [0.1, 0.15) is 31.2 Å². The van der Waals surface area contributed by atoms with E-state index in [0.717, 1.165) is 12.0 Å². The summed E-state index contributed by atoms with van der Waals surface area (Å²) >= 11 is 0. The zero-order valence-corrected chi connectivity index (χ0v) is 11.9. The molecule has 2 N–H and O–H groups in total. The SMILES string of the molecule is OCC(Cc1ccccc1)NC1CCCCC1C(F)(F)F. The molecule has 0 aromatic heterocycles. The highest BCUT2D eigenvalue weighted by molar-refractivity contribution is 5.16. The van der Waals surface area contributed by atoms with E-state index in [4.69, 9.17) is 0 Å². The summed E-state index contributed by atoms with van der Waals surface area (Å²) < 4.78 is 39.2. The standard InChI is InChI=1S/C16H22F3NO/c17-16(18,19)14-8-4-5-9-15(14)20-13(11-21)10-12-6-2-1-3-7-12/h1-3,6-7,13-15,20-21H,4-5,8-11H2. The Morgan fingerprint density at radius 2 is 1.81 bits per heavy atom. The maximum absolute atomic E-state index is 13.1. The highest BCUT2D eigenvalue weighted by Crippen LogP contribution is 2.37. The molecule has 0 aliphatic heterocycles. The molecule has 3 atom stereocenters. The Morgan fingerprint density at radius 1 is 1.14 bits per heavy atom. The Labute approximate surface area is 123 Å². The van der Waals surface area contributed by atoms with Crippen LogP contribution in [0.25, 0.3) is 0 Å². The number of aliphatic hydroxyl groups is 1. The molecule has 5 heteroatoms. The molecule has 1 aromatic carbocycles. The molecular formula is C16H22F3NO. The highest BCUT2D eigenvalue weighted by atomic mass is 19.4. The van der Waals surface area contributed by atoms with Gasteiger partial charge in [-0.1, -0.05) is 43.2 Å². The van der Waals surface area contributed by atoms with Crippen LogP contribution in [0.15, 0.2) is 30.3 Å². The molecule has 0 bridgehead atoms. The van der Waals surface area contributed by atoms with Crippen LogP contribution in [0, 0.1) is 5.92 Å². The minimum absolute atomic E-state index is 0.157. The normalized spacial score (nSPS) is 24.8. The first-order valence-corrected chi connectivity index (χ1v) is 7.48. The quantitative estimate of drug-likeness (QED) is 0.874. The Kier molecular flexibility index (Phi) is 5.65. The van der Waals surface area contributed by atoms with Crippen molar-refractivity contribution in [2.24, 2.45) is 5.92 Å². The molecular weight excluding hydrogens is 279 g/mol. The Bertz CT molecular complexity index is 421. The fourth-order valence-corrected chi connectivity index (χ4v) is 3.10. The van der Waals surface area contributed by atoms with Crippen molar-refractivity contribution >= 4 is 0 Å². The number of hydrogen-bond acceptors (Lipinski definition) is 2. The molecule has 118 valence electrons. The van der Waals surface area contributed by atoms with Crippen LogP contribution in [0.3, 0.4) is 0 Å². The van der Waals surface area contributed by atoms with E-state index in [0.29, 0.717) is 19.3 Å². The van der Waals surface area contributed by atoms with Crippen molar-refractivity contribution in [3.05, 3.63) is 35.9 Å². The van der Waals surface area contributed by atoms with Crippen molar-refractivity contribution in [1.29, 1.82) is 0 Å². The number of halogens is 3.